The topological polar surface area (TPSA) is 9.23 Å². The number of benzene rings is 2. The van der Waals surface area contributed by atoms with Crippen molar-refractivity contribution in [2.24, 2.45) is 0 Å². The number of hydrogen-bond donors (Lipinski definition) is 0. The van der Waals surface area contributed by atoms with Crippen molar-refractivity contribution in [3.63, 3.8) is 0 Å². The van der Waals surface area contributed by atoms with Gasteiger partial charge in [0, 0.05) is 16.9 Å². The lowest BCUT2D eigenvalue weighted by molar-refractivity contribution is 0.285. The van der Waals surface area contributed by atoms with Crippen molar-refractivity contribution >= 4 is 11.8 Å². The van der Waals surface area contributed by atoms with E-state index < -0.39 is 0 Å². The van der Waals surface area contributed by atoms with E-state index in [4.69, 9.17) is 4.74 Å². The van der Waals surface area contributed by atoms with Gasteiger partial charge in [-0.25, -0.2) is 0 Å². The lowest BCUT2D eigenvalue weighted by atomic mass is 10.1. The molecule has 18 heavy (non-hydrogen) atoms. The summed E-state index contributed by atoms with van der Waals surface area (Å²) in [6.07, 6.45) is 0. The Morgan fingerprint density at radius 2 is 1.89 bits per heavy atom. The minimum atomic E-state index is 0.125. The molecule has 0 saturated heterocycles. The predicted molar refractivity (Wildman–Crippen MR) is 77.0 cm³/mol. The van der Waals surface area contributed by atoms with Gasteiger partial charge in [0.25, 0.3) is 0 Å². The predicted octanol–water partition coefficient (Wildman–Crippen LogP) is 4.63. The average Bonchev–Trinajstić information content (AvgIpc) is 2.39. The summed E-state index contributed by atoms with van der Waals surface area (Å²) in [6, 6.07) is 14.9. The average molecular weight is 256 g/mol. The zero-order chi connectivity index (χ0) is 12.5. The van der Waals surface area contributed by atoms with E-state index in [0.29, 0.717) is 0 Å². The van der Waals surface area contributed by atoms with Gasteiger partial charge in [-0.1, -0.05) is 48.0 Å². The fraction of sp³-hybridized carbons (Fsp3) is 0.250. The van der Waals surface area contributed by atoms with Crippen molar-refractivity contribution in [3.05, 3.63) is 64.7 Å². The Kier molecular flexibility index (Phi) is 3.04. The standard InChI is InChI=1S/C16H16OS/c1-11-8-12(2)15-14(9-11)10-18-16(17-15)13-6-4-3-5-7-13/h3-9,16H,10H2,1-2H3. The lowest BCUT2D eigenvalue weighted by Crippen LogP contribution is -2.11. The molecule has 1 nitrogen and oxygen atoms in total. The van der Waals surface area contributed by atoms with Gasteiger partial charge in [-0.2, -0.15) is 0 Å². The maximum Gasteiger partial charge on any atom is 0.170 e. The highest BCUT2D eigenvalue weighted by atomic mass is 32.2. The van der Waals surface area contributed by atoms with E-state index >= 15 is 0 Å². The van der Waals surface area contributed by atoms with Gasteiger partial charge in [0.1, 0.15) is 5.75 Å². The number of aryl methyl sites for hydroxylation is 2. The molecule has 0 amide bonds. The Morgan fingerprint density at radius 1 is 1.11 bits per heavy atom. The third-order valence-electron chi connectivity index (χ3n) is 3.18. The first-order valence-electron chi connectivity index (χ1n) is 6.17. The van der Waals surface area contributed by atoms with E-state index in [1.54, 1.807) is 0 Å². The summed E-state index contributed by atoms with van der Waals surface area (Å²) in [7, 11) is 0. The van der Waals surface area contributed by atoms with Crippen LogP contribution in [0.1, 0.15) is 27.7 Å². The maximum atomic E-state index is 6.17. The van der Waals surface area contributed by atoms with Crippen LogP contribution in [0, 0.1) is 13.8 Å². The first kappa shape index (κ1) is 11.7. The minimum Gasteiger partial charge on any atom is -0.474 e. The minimum absolute atomic E-state index is 0.125. The molecule has 0 aromatic heterocycles. The van der Waals surface area contributed by atoms with E-state index in [0.717, 1.165) is 11.5 Å². The molecule has 0 spiro atoms. The van der Waals surface area contributed by atoms with E-state index in [1.165, 1.54) is 22.3 Å². The van der Waals surface area contributed by atoms with Crippen LogP contribution in [0.2, 0.25) is 0 Å². The molecular formula is C16H16OS. The van der Waals surface area contributed by atoms with Crippen LogP contribution in [0.25, 0.3) is 0 Å². The molecule has 1 heterocycles. The number of thioether (sulfide) groups is 1. The van der Waals surface area contributed by atoms with Crippen molar-refractivity contribution in [1.82, 2.24) is 0 Å². The van der Waals surface area contributed by atoms with E-state index in [-0.39, 0.29) is 5.44 Å². The van der Waals surface area contributed by atoms with E-state index in [9.17, 15) is 0 Å². The molecule has 1 aliphatic rings. The molecule has 2 aromatic carbocycles. The van der Waals surface area contributed by atoms with Crippen LogP contribution in [-0.4, -0.2) is 0 Å². The Morgan fingerprint density at radius 3 is 2.67 bits per heavy atom. The Balaban J connectivity index is 1.94. The van der Waals surface area contributed by atoms with Gasteiger partial charge in [0.2, 0.25) is 0 Å². The second-order valence-corrected chi connectivity index (χ2v) is 5.79. The van der Waals surface area contributed by atoms with Gasteiger partial charge in [0.05, 0.1) is 0 Å². The summed E-state index contributed by atoms with van der Waals surface area (Å²) in [6.45, 7) is 4.27. The molecule has 1 atom stereocenters. The maximum absolute atomic E-state index is 6.17. The SMILES string of the molecule is Cc1cc(C)c2c(c1)CSC(c1ccccc1)O2. The summed E-state index contributed by atoms with van der Waals surface area (Å²) in [5.74, 6) is 2.10. The van der Waals surface area contributed by atoms with Crippen molar-refractivity contribution < 1.29 is 4.74 Å². The largest absolute Gasteiger partial charge is 0.474 e. The van der Waals surface area contributed by atoms with Crippen LogP contribution < -0.4 is 4.74 Å². The number of hydrogen-bond acceptors (Lipinski definition) is 2. The molecule has 3 rings (SSSR count). The molecule has 0 saturated carbocycles. The highest BCUT2D eigenvalue weighted by molar-refractivity contribution is 7.98. The second-order valence-electron chi connectivity index (χ2n) is 4.74. The van der Waals surface area contributed by atoms with Crippen LogP contribution in [0.5, 0.6) is 5.75 Å². The molecule has 0 aliphatic carbocycles. The first-order chi connectivity index (χ1) is 8.74. The van der Waals surface area contributed by atoms with E-state index in [2.05, 4.69) is 50.2 Å². The molecule has 0 bridgehead atoms. The quantitative estimate of drug-likeness (QED) is 0.736. The summed E-state index contributed by atoms with van der Waals surface area (Å²) in [5, 5.41) is 0. The Labute approximate surface area is 112 Å². The van der Waals surface area contributed by atoms with Gasteiger partial charge in [-0.3, -0.25) is 0 Å². The second kappa shape index (κ2) is 4.69. The number of ether oxygens (including phenoxy) is 1. The fourth-order valence-corrected chi connectivity index (χ4v) is 3.46. The molecule has 2 heteroatoms. The van der Waals surface area contributed by atoms with Crippen molar-refractivity contribution in [1.29, 1.82) is 0 Å². The lowest BCUT2D eigenvalue weighted by Gasteiger charge is -2.27. The first-order valence-corrected chi connectivity index (χ1v) is 7.22. The van der Waals surface area contributed by atoms with E-state index in [1.807, 2.05) is 17.8 Å². The van der Waals surface area contributed by atoms with Crippen LogP contribution in [0.4, 0.5) is 0 Å². The summed E-state index contributed by atoms with van der Waals surface area (Å²) >= 11 is 1.85. The summed E-state index contributed by atoms with van der Waals surface area (Å²) in [5.41, 5.74) is 5.25. The van der Waals surface area contributed by atoms with Gasteiger partial charge in [0.15, 0.2) is 5.44 Å². The molecular weight excluding hydrogens is 240 g/mol. The summed E-state index contributed by atoms with van der Waals surface area (Å²) < 4.78 is 6.17. The molecule has 0 fully saturated rings. The zero-order valence-electron chi connectivity index (χ0n) is 10.6. The normalized spacial score (nSPS) is 18.0. The highest BCUT2D eigenvalue weighted by Gasteiger charge is 2.23. The van der Waals surface area contributed by atoms with Gasteiger partial charge < -0.3 is 4.74 Å². The molecule has 2 aromatic rings. The third kappa shape index (κ3) is 2.13. The molecule has 92 valence electrons. The van der Waals surface area contributed by atoms with Gasteiger partial charge in [-0.05, 0) is 19.4 Å². The molecule has 1 unspecified atom stereocenters. The van der Waals surface area contributed by atoms with Crippen molar-refractivity contribution in [3.8, 4) is 5.75 Å². The monoisotopic (exact) mass is 256 g/mol. The smallest absolute Gasteiger partial charge is 0.170 e. The van der Waals surface area contributed by atoms with Gasteiger partial charge in [-0.15, -0.1) is 11.8 Å². The van der Waals surface area contributed by atoms with Gasteiger partial charge >= 0.3 is 0 Å². The fourth-order valence-electron chi connectivity index (χ4n) is 2.40. The highest BCUT2D eigenvalue weighted by Crippen LogP contribution is 2.43. The molecule has 0 radical (unpaired) electrons. The van der Waals surface area contributed by atoms with Crippen LogP contribution in [0.3, 0.4) is 0 Å². The van der Waals surface area contributed by atoms with Crippen LogP contribution in [-0.2, 0) is 5.75 Å². The summed E-state index contributed by atoms with van der Waals surface area (Å²) in [4.78, 5) is 0. The Bertz CT molecular complexity index is 563. The Hall–Kier alpha value is -1.41. The molecule has 0 N–H and O–H groups in total. The molecule has 1 aliphatic heterocycles. The van der Waals surface area contributed by atoms with Crippen molar-refractivity contribution in [2.45, 2.75) is 25.0 Å². The van der Waals surface area contributed by atoms with Crippen LogP contribution in [0.15, 0.2) is 42.5 Å². The third-order valence-corrected chi connectivity index (χ3v) is 4.33. The zero-order valence-corrected chi connectivity index (χ0v) is 11.5. The van der Waals surface area contributed by atoms with Crippen LogP contribution >= 0.6 is 11.8 Å². The number of rotatable bonds is 1. The van der Waals surface area contributed by atoms with Crippen molar-refractivity contribution in [2.75, 3.05) is 0 Å². The number of fused-ring (bicyclic) bond motifs is 1.